The maximum atomic E-state index is 12.5. The van der Waals surface area contributed by atoms with Crippen molar-refractivity contribution < 1.29 is 8.42 Å². The molecule has 138 valence electrons. The average molecular weight is 408 g/mol. The van der Waals surface area contributed by atoms with Crippen LogP contribution in [0.15, 0.2) is 52.0 Å². The minimum atomic E-state index is -3.55. The topological polar surface area (TPSA) is 71.1 Å². The summed E-state index contributed by atoms with van der Waals surface area (Å²) >= 11 is 3.37. The number of hydrogen-bond acceptors (Lipinski definition) is 7. The Morgan fingerprint density at radius 2 is 2.12 bits per heavy atom. The molecule has 0 aliphatic heterocycles. The highest BCUT2D eigenvalue weighted by Gasteiger charge is 2.12. The third-order valence-electron chi connectivity index (χ3n) is 3.22. The molecular weight excluding hydrogens is 386 g/mol. The lowest BCUT2D eigenvalue weighted by molar-refractivity contribution is 0.603. The molecule has 2 aromatic rings. The molecule has 0 fully saturated rings. The van der Waals surface area contributed by atoms with E-state index in [2.05, 4.69) is 27.6 Å². The van der Waals surface area contributed by atoms with E-state index >= 15 is 0 Å². The lowest BCUT2D eigenvalue weighted by atomic mass is 10.2. The summed E-state index contributed by atoms with van der Waals surface area (Å²) in [5.74, 6) is 4.74. The number of thioether (sulfide) groups is 1. The molecule has 0 unspecified atom stereocenters. The fourth-order valence-electron chi connectivity index (χ4n) is 1.94. The molecule has 0 aliphatic rings. The molecule has 1 aromatic heterocycles. The lowest BCUT2D eigenvalue weighted by Gasteiger charge is -2.10. The Morgan fingerprint density at radius 3 is 2.77 bits per heavy atom. The Labute approximate surface area is 163 Å². The van der Waals surface area contributed by atoms with Crippen LogP contribution in [0.25, 0.3) is 0 Å². The monoisotopic (exact) mass is 407 g/mol. The molecular formula is C18H21N3O2S3. The Morgan fingerprint density at radius 1 is 1.35 bits per heavy atom. The van der Waals surface area contributed by atoms with Crippen LogP contribution in [0.2, 0.25) is 0 Å². The molecule has 0 spiro atoms. The molecule has 0 saturated carbocycles. The highest BCUT2D eigenvalue weighted by molar-refractivity contribution is 7.98. The summed E-state index contributed by atoms with van der Waals surface area (Å²) in [5.41, 5.74) is 1.01. The standard InChI is InChI=1S/C18H21N3O2S3/c1-3-8-19-17(20-9-11-24-13-18-21-10-12-25-18)14-26(22,23)16-6-4-15(2)5-7-16/h4-7,10,12,14,19-20H,9,11,13H2,1-2H3. The van der Waals surface area contributed by atoms with E-state index in [1.807, 2.05) is 12.3 Å². The molecule has 0 atom stereocenters. The number of sulfone groups is 1. The number of aryl methyl sites for hydroxylation is 1. The summed E-state index contributed by atoms with van der Waals surface area (Å²) in [6.07, 6.45) is 1.79. The summed E-state index contributed by atoms with van der Waals surface area (Å²) in [4.78, 5) is 4.49. The van der Waals surface area contributed by atoms with E-state index in [-0.39, 0.29) is 4.90 Å². The van der Waals surface area contributed by atoms with Gasteiger partial charge in [-0.05, 0) is 26.0 Å². The van der Waals surface area contributed by atoms with Gasteiger partial charge < -0.3 is 10.6 Å². The normalized spacial score (nSPS) is 11.5. The number of aromatic nitrogens is 1. The van der Waals surface area contributed by atoms with Crippen LogP contribution in [-0.4, -0.2) is 25.7 Å². The van der Waals surface area contributed by atoms with E-state index in [0.29, 0.717) is 12.4 Å². The van der Waals surface area contributed by atoms with Gasteiger partial charge in [-0.15, -0.1) is 11.3 Å². The first-order valence-electron chi connectivity index (χ1n) is 7.92. The molecule has 2 N–H and O–H groups in total. The van der Waals surface area contributed by atoms with Crippen LogP contribution in [-0.2, 0) is 15.6 Å². The minimum absolute atomic E-state index is 0.256. The van der Waals surface area contributed by atoms with Crippen molar-refractivity contribution in [2.45, 2.75) is 24.5 Å². The highest BCUT2D eigenvalue weighted by Crippen LogP contribution is 2.15. The molecule has 1 aromatic carbocycles. The van der Waals surface area contributed by atoms with E-state index in [1.54, 1.807) is 60.5 Å². The number of rotatable bonds is 9. The van der Waals surface area contributed by atoms with Gasteiger partial charge in [0.15, 0.2) is 0 Å². The van der Waals surface area contributed by atoms with Crippen molar-refractivity contribution in [3.63, 3.8) is 0 Å². The zero-order chi connectivity index (χ0) is 18.8. The van der Waals surface area contributed by atoms with Crippen LogP contribution >= 0.6 is 23.1 Å². The van der Waals surface area contributed by atoms with Gasteiger partial charge in [-0.3, -0.25) is 0 Å². The molecule has 0 saturated heterocycles. The first kappa shape index (κ1) is 20.4. The molecule has 1 heterocycles. The third kappa shape index (κ3) is 6.75. The molecule has 0 aliphatic carbocycles. The molecule has 0 bridgehead atoms. The molecule has 8 heteroatoms. The predicted molar refractivity (Wildman–Crippen MR) is 109 cm³/mol. The number of benzene rings is 1. The number of nitrogens with zero attached hydrogens (tertiary/aromatic N) is 1. The third-order valence-corrected chi connectivity index (χ3v) is 6.62. The van der Waals surface area contributed by atoms with Crippen LogP contribution in [0.1, 0.15) is 17.5 Å². The summed E-state index contributed by atoms with van der Waals surface area (Å²) in [6.45, 7) is 4.22. The number of hydrogen-bond donors (Lipinski definition) is 2. The van der Waals surface area contributed by atoms with Crippen LogP contribution in [0.3, 0.4) is 0 Å². The van der Waals surface area contributed by atoms with Gasteiger partial charge in [0.25, 0.3) is 0 Å². The van der Waals surface area contributed by atoms with E-state index in [9.17, 15) is 8.42 Å². The SMILES string of the molecule is CC#CNC(=CS(=O)(=O)c1ccc(C)cc1)NCCSCc1nccs1. The van der Waals surface area contributed by atoms with Gasteiger partial charge >= 0.3 is 0 Å². The van der Waals surface area contributed by atoms with Gasteiger partial charge in [0.2, 0.25) is 9.84 Å². The Bertz CT molecular complexity index is 878. The molecule has 26 heavy (non-hydrogen) atoms. The van der Waals surface area contributed by atoms with Gasteiger partial charge in [0.1, 0.15) is 10.8 Å². The van der Waals surface area contributed by atoms with Crippen molar-refractivity contribution in [2.75, 3.05) is 12.3 Å². The summed E-state index contributed by atoms with van der Waals surface area (Å²) in [5, 5.41) is 10.1. The van der Waals surface area contributed by atoms with Crippen LogP contribution in [0.5, 0.6) is 0 Å². The zero-order valence-electron chi connectivity index (χ0n) is 14.7. The summed E-state index contributed by atoms with van der Waals surface area (Å²) < 4.78 is 25.1. The number of nitrogens with one attached hydrogen (secondary N) is 2. The molecule has 0 amide bonds. The lowest BCUT2D eigenvalue weighted by Crippen LogP contribution is -2.26. The zero-order valence-corrected chi connectivity index (χ0v) is 17.1. The molecule has 0 radical (unpaired) electrons. The van der Waals surface area contributed by atoms with Gasteiger partial charge in [0, 0.05) is 35.7 Å². The van der Waals surface area contributed by atoms with Crippen LogP contribution in [0.4, 0.5) is 0 Å². The fraction of sp³-hybridized carbons (Fsp3) is 0.278. The van der Waals surface area contributed by atoms with E-state index < -0.39 is 9.84 Å². The van der Waals surface area contributed by atoms with Crippen molar-refractivity contribution in [1.82, 2.24) is 15.6 Å². The molecule has 5 nitrogen and oxygen atoms in total. The Kier molecular flexibility index (Phi) is 8.04. The van der Waals surface area contributed by atoms with Crippen molar-refractivity contribution in [3.05, 3.63) is 57.6 Å². The quantitative estimate of drug-likeness (QED) is 0.378. The number of thiazole rings is 1. The Balaban J connectivity index is 1.96. The first-order valence-corrected chi connectivity index (χ1v) is 11.5. The largest absolute Gasteiger partial charge is 0.370 e. The van der Waals surface area contributed by atoms with Gasteiger partial charge in [-0.25, -0.2) is 13.4 Å². The van der Waals surface area contributed by atoms with E-state index in [4.69, 9.17) is 0 Å². The fourth-order valence-corrected chi connectivity index (χ4v) is 4.60. The van der Waals surface area contributed by atoms with Crippen LogP contribution in [0, 0.1) is 18.9 Å². The van der Waals surface area contributed by atoms with Gasteiger partial charge in [-0.2, -0.15) is 11.8 Å². The van der Waals surface area contributed by atoms with Crippen molar-refractivity contribution in [3.8, 4) is 12.0 Å². The predicted octanol–water partition coefficient (Wildman–Crippen LogP) is 3.12. The smallest absolute Gasteiger partial charge is 0.203 e. The second-order valence-electron chi connectivity index (χ2n) is 5.29. The maximum Gasteiger partial charge on any atom is 0.203 e. The average Bonchev–Trinajstić information content (AvgIpc) is 3.12. The highest BCUT2D eigenvalue weighted by atomic mass is 32.2. The van der Waals surface area contributed by atoms with E-state index in [1.165, 1.54) is 5.41 Å². The molecule has 2 rings (SSSR count). The summed E-state index contributed by atoms with van der Waals surface area (Å²) in [6, 6.07) is 9.46. The summed E-state index contributed by atoms with van der Waals surface area (Å²) in [7, 11) is -3.55. The van der Waals surface area contributed by atoms with Gasteiger partial charge in [0.05, 0.1) is 10.3 Å². The maximum absolute atomic E-state index is 12.5. The second kappa shape index (κ2) is 10.3. The second-order valence-corrected chi connectivity index (χ2v) is 9.18. The Hall–Kier alpha value is -1.95. The first-order chi connectivity index (χ1) is 12.5. The van der Waals surface area contributed by atoms with Crippen molar-refractivity contribution in [2.24, 2.45) is 0 Å². The van der Waals surface area contributed by atoms with E-state index in [0.717, 1.165) is 22.1 Å². The minimum Gasteiger partial charge on any atom is -0.370 e. The van der Waals surface area contributed by atoms with Crippen molar-refractivity contribution in [1.29, 1.82) is 0 Å². The van der Waals surface area contributed by atoms with Crippen molar-refractivity contribution >= 4 is 32.9 Å². The van der Waals surface area contributed by atoms with Gasteiger partial charge in [-0.1, -0.05) is 23.6 Å². The van der Waals surface area contributed by atoms with Crippen LogP contribution < -0.4 is 10.6 Å².